The van der Waals surface area contributed by atoms with Gasteiger partial charge >= 0.3 is 0 Å². The molecule has 1 N–H and O–H groups in total. The number of ether oxygens (including phenoxy) is 3. The van der Waals surface area contributed by atoms with Crippen molar-refractivity contribution in [3.8, 4) is 0 Å². The number of aliphatic hydroxyl groups excluding tert-OH is 1. The third-order valence-corrected chi connectivity index (χ3v) is 6.13. The number of halogens is 2. The summed E-state index contributed by atoms with van der Waals surface area (Å²) in [5.74, 6) is -0.757. The molecule has 7 nitrogen and oxygen atoms in total. The van der Waals surface area contributed by atoms with Crippen LogP contribution < -0.4 is 0 Å². The van der Waals surface area contributed by atoms with Crippen molar-refractivity contribution >= 4 is 34.2 Å². The first-order valence-electron chi connectivity index (χ1n) is 9.74. The highest BCUT2D eigenvalue weighted by Gasteiger charge is 2.52. The van der Waals surface area contributed by atoms with E-state index in [0.29, 0.717) is 22.2 Å². The maximum Gasteiger partial charge on any atom is 0.164 e. The molecular formula is C21H21Cl2N3O4. The molecule has 5 rings (SSSR count). The molecule has 0 saturated carbocycles. The minimum atomic E-state index is -0.849. The van der Waals surface area contributed by atoms with Crippen molar-refractivity contribution in [2.75, 3.05) is 0 Å². The van der Waals surface area contributed by atoms with Crippen molar-refractivity contribution in [1.29, 1.82) is 0 Å². The van der Waals surface area contributed by atoms with E-state index in [1.54, 1.807) is 24.3 Å². The summed E-state index contributed by atoms with van der Waals surface area (Å²) in [6, 6.07) is 8.94. The van der Waals surface area contributed by atoms with Gasteiger partial charge in [-0.3, -0.25) is 0 Å². The Bertz CT molecular complexity index is 1070. The Morgan fingerprint density at radius 2 is 1.90 bits per heavy atom. The Hall–Kier alpha value is -1.74. The fourth-order valence-electron chi connectivity index (χ4n) is 4.28. The van der Waals surface area contributed by atoms with E-state index in [4.69, 9.17) is 37.4 Å². The molecule has 9 heteroatoms. The minimum absolute atomic E-state index is 0.250. The Morgan fingerprint density at radius 1 is 1.13 bits per heavy atom. The highest BCUT2D eigenvalue weighted by molar-refractivity contribution is 6.33. The molecule has 2 aromatic heterocycles. The molecule has 0 radical (unpaired) electrons. The summed E-state index contributed by atoms with van der Waals surface area (Å²) in [6.45, 7) is 3.75. The largest absolute Gasteiger partial charge is 0.386 e. The van der Waals surface area contributed by atoms with Gasteiger partial charge in [0.25, 0.3) is 0 Å². The van der Waals surface area contributed by atoms with Crippen molar-refractivity contribution in [2.45, 2.75) is 56.7 Å². The summed E-state index contributed by atoms with van der Waals surface area (Å²) in [4.78, 5) is 8.42. The van der Waals surface area contributed by atoms with E-state index in [-0.39, 0.29) is 12.2 Å². The van der Waals surface area contributed by atoms with Crippen LogP contribution >= 0.6 is 23.2 Å². The zero-order chi connectivity index (χ0) is 21.0. The number of fused-ring (bicyclic) bond motifs is 2. The lowest BCUT2D eigenvalue weighted by molar-refractivity contribution is -0.197. The van der Waals surface area contributed by atoms with Crippen LogP contribution in [-0.4, -0.2) is 43.7 Å². The normalized spacial score (nSPS) is 29.1. The van der Waals surface area contributed by atoms with E-state index in [2.05, 4.69) is 9.97 Å². The van der Waals surface area contributed by atoms with Crippen molar-refractivity contribution in [3.63, 3.8) is 0 Å². The van der Waals surface area contributed by atoms with Crippen LogP contribution in [-0.2, 0) is 14.2 Å². The summed E-state index contributed by atoms with van der Waals surface area (Å²) in [5.41, 5.74) is 1.36. The van der Waals surface area contributed by atoms with E-state index in [1.807, 2.05) is 30.7 Å². The predicted octanol–water partition coefficient (Wildman–Crippen LogP) is 4.28. The Kier molecular flexibility index (Phi) is 5.01. The van der Waals surface area contributed by atoms with Crippen LogP contribution in [0.3, 0.4) is 0 Å². The van der Waals surface area contributed by atoms with E-state index >= 15 is 0 Å². The van der Waals surface area contributed by atoms with Crippen molar-refractivity contribution in [3.05, 3.63) is 58.6 Å². The molecule has 1 aromatic carbocycles. The van der Waals surface area contributed by atoms with E-state index < -0.39 is 24.2 Å². The number of aromatic nitrogens is 3. The monoisotopic (exact) mass is 449 g/mol. The third-order valence-electron chi connectivity index (χ3n) is 5.58. The number of benzene rings is 1. The van der Waals surface area contributed by atoms with Crippen LogP contribution in [0.25, 0.3) is 11.0 Å². The van der Waals surface area contributed by atoms with Gasteiger partial charge < -0.3 is 23.9 Å². The van der Waals surface area contributed by atoms with Gasteiger partial charge in [0, 0.05) is 17.6 Å². The molecule has 30 heavy (non-hydrogen) atoms. The fourth-order valence-corrected chi connectivity index (χ4v) is 4.59. The predicted molar refractivity (Wildman–Crippen MR) is 111 cm³/mol. The minimum Gasteiger partial charge on any atom is -0.386 e. The van der Waals surface area contributed by atoms with Gasteiger partial charge in [0.15, 0.2) is 12.0 Å². The molecular weight excluding hydrogens is 429 g/mol. The summed E-state index contributed by atoms with van der Waals surface area (Å²) in [6.07, 6.45) is 1.22. The van der Waals surface area contributed by atoms with Crippen molar-refractivity contribution in [2.24, 2.45) is 0 Å². The number of aliphatic hydroxyl groups is 1. The zero-order valence-corrected chi connectivity index (χ0v) is 17.9. The Balaban J connectivity index is 1.52. The molecule has 3 aromatic rings. The molecule has 2 fully saturated rings. The molecule has 0 bridgehead atoms. The van der Waals surface area contributed by atoms with E-state index in [1.165, 1.54) is 6.33 Å². The molecule has 4 heterocycles. The number of hydrogen-bond donors (Lipinski definition) is 1. The highest BCUT2D eigenvalue weighted by Crippen LogP contribution is 2.44. The van der Waals surface area contributed by atoms with E-state index in [9.17, 15) is 5.11 Å². The summed E-state index contributed by atoms with van der Waals surface area (Å²) < 4.78 is 20.6. The van der Waals surface area contributed by atoms with Crippen LogP contribution in [0.2, 0.25) is 10.2 Å². The average molecular weight is 450 g/mol. The Labute approximate surface area is 183 Å². The lowest BCUT2D eigenvalue weighted by Crippen LogP contribution is -2.46. The molecule has 0 amide bonds. The molecule has 5 atom stereocenters. The quantitative estimate of drug-likeness (QED) is 0.601. The third kappa shape index (κ3) is 3.49. The smallest absolute Gasteiger partial charge is 0.164 e. The first-order chi connectivity index (χ1) is 14.3. The van der Waals surface area contributed by atoms with Crippen LogP contribution in [0.5, 0.6) is 0 Å². The average Bonchev–Trinajstić information content (AvgIpc) is 3.27. The van der Waals surface area contributed by atoms with E-state index in [0.717, 1.165) is 10.9 Å². The zero-order valence-electron chi connectivity index (χ0n) is 16.4. The Morgan fingerprint density at radius 3 is 2.67 bits per heavy atom. The fraction of sp³-hybridized carbons (Fsp3) is 0.429. The summed E-state index contributed by atoms with van der Waals surface area (Å²) in [7, 11) is 0. The first-order valence-corrected chi connectivity index (χ1v) is 10.5. The molecule has 158 valence electrons. The molecule has 0 spiro atoms. The summed E-state index contributed by atoms with van der Waals surface area (Å²) in [5, 5.41) is 12.7. The SMILES string of the molecule is CC1(C)O[C@H]2[C@H](n3ccc4c(Cl)ncnc43)O[C@@H]([C@H](O)c3ccc(Cl)cc3)C[C@H]2O1. The lowest BCUT2D eigenvalue weighted by atomic mass is 9.94. The maximum absolute atomic E-state index is 11.0. The van der Waals surface area contributed by atoms with Crippen LogP contribution in [0.15, 0.2) is 42.9 Å². The van der Waals surface area contributed by atoms with Gasteiger partial charge in [-0.2, -0.15) is 0 Å². The molecule has 0 aliphatic carbocycles. The second-order valence-electron chi connectivity index (χ2n) is 8.06. The van der Waals surface area contributed by atoms with Crippen LogP contribution in [0.4, 0.5) is 0 Å². The number of nitrogens with zero attached hydrogens (tertiary/aromatic N) is 3. The first kappa shape index (κ1) is 20.2. The van der Waals surface area contributed by atoms with Gasteiger partial charge in [-0.1, -0.05) is 35.3 Å². The maximum atomic E-state index is 11.0. The number of rotatable bonds is 3. The van der Waals surface area contributed by atoms with Gasteiger partial charge in [-0.05, 0) is 37.6 Å². The molecule has 2 aliphatic rings. The van der Waals surface area contributed by atoms with Gasteiger partial charge in [0.1, 0.15) is 29.3 Å². The second-order valence-corrected chi connectivity index (χ2v) is 8.86. The molecule has 2 saturated heterocycles. The standard InChI is InChI=1S/C21H21Cl2N3O4/c1-21(2)29-15-9-14(16(27)11-3-5-12(22)6-4-11)28-20(17(15)30-21)26-8-7-13-18(23)24-10-25-19(13)26/h3-8,10,14-17,20,27H,9H2,1-2H3/t14-,15-,16-,17-,20-/m1/s1. The van der Waals surface area contributed by atoms with Crippen molar-refractivity contribution < 1.29 is 19.3 Å². The van der Waals surface area contributed by atoms with Gasteiger partial charge in [0.05, 0.1) is 17.6 Å². The summed E-state index contributed by atoms with van der Waals surface area (Å²) >= 11 is 12.2. The van der Waals surface area contributed by atoms with Crippen LogP contribution in [0.1, 0.15) is 38.2 Å². The topological polar surface area (TPSA) is 78.6 Å². The molecule has 0 unspecified atom stereocenters. The second kappa shape index (κ2) is 7.44. The highest BCUT2D eigenvalue weighted by atomic mass is 35.5. The molecule has 2 aliphatic heterocycles. The number of hydrogen-bond acceptors (Lipinski definition) is 6. The van der Waals surface area contributed by atoms with Crippen molar-refractivity contribution in [1.82, 2.24) is 14.5 Å². The van der Waals surface area contributed by atoms with Gasteiger partial charge in [-0.25, -0.2) is 9.97 Å². The van der Waals surface area contributed by atoms with Gasteiger partial charge in [-0.15, -0.1) is 0 Å². The van der Waals surface area contributed by atoms with Crippen LogP contribution in [0, 0.1) is 0 Å². The lowest BCUT2D eigenvalue weighted by Gasteiger charge is -2.39. The van der Waals surface area contributed by atoms with Gasteiger partial charge in [0.2, 0.25) is 0 Å².